The molecule has 2 rings (SSSR count). The molecule has 1 N–H and O–H groups in total. The number of amides is 2. The van der Waals surface area contributed by atoms with E-state index in [1.807, 2.05) is 4.90 Å². The Morgan fingerprint density at radius 3 is 2.67 bits per heavy atom. The van der Waals surface area contributed by atoms with Crippen LogP contribution in [0.1, 0.15) is 23.7 Å². The highest BCUT2D eigenvalue weighted by Gasteiger charge is 2.19. The number of likely N-dealkylation sites (N-methyl/N-ethyl adjacent to an activating group) is 1. The summed E-state index contributed by atoms with van der Waals surface area (Å²) in [6.07, 6.45) is 3.48. The minimum absolute atomic E-state index is 0.109. The number of rotatable bonds is 5. The largest absolute Gasteiger partial charge is 0.351 e. The molecule has 114 valence electrons. The van der Waals surface area contributed by atoms with Gasteiger partial charge in [0.1, 0.15) is 0 Å². The van der Waals surface area contributed by atoms with E-state index >= 15 is 0 Å². The fraction of sp³-hybridized carbons (Fsp3) is 0.533. The number of carbonyl (C=O) groups is 2. The number of pyridine rings is 1. The van der Waals surface area contributed by atoms with Gasteiger partial charge in [-0.15, -0.1) is 0 Å². The lowest BCUT2D eigenvalue weighted by Crippen LogP contribution is -2.49. The standard InChI is InChI=1S/C15H22N4O2/c1-2-18-8-10-19(11-9-18)14(20)5-7-17-15(21)13-4-3-6-16-12-13/h3-4,6,12H,2,5,7-11H2,1H3,(H,17,21). The molecule has 21 heavy (non-hydrogen) atoms. The van der Waals surface area contributed by atoms with E-state index in [0.29, 0.717) is 18.5 Å². The van der Waals surface area contributed by atoms with E-state index in [9.17, 15) is 9.59 Å². The molecule has 0 atom stereocenters. The van der Waals surface area contributed by atoms with E-state index in [-0.39, 0.29) is 11.8 Å². The molecule has 1 saturated heterocycles. The molecule has 1 aromatic rings. The zero-order chi connectivity index (χ0) is 15.1. The van der Waals surface area contributed by atoms with Gasteiger partial charge in [-0.1, -0.05) is 6.92 Å². The van der Waals surface area contributed by atoms with Crippen LogP contribution in [-0.2, 0) is 4.79 Å². The van der Waals surface area contributed by atoms with E-state index in [0.717, 1.165) is 32.7 Å². The van der Waals surface area contributed by atoms with Crippen molar-refractivity contribution in [1.29, 1.82) is 0 Å². The molecular weight excluding hydrogens is 268 g/mol. The van der Waals surface area contributed by atoms with Crippen molar-refractivity contribution in [2.45, 2.75) is 13.3 Å². The van der Waals surface area contributed by atoms with Gasteiger partial charge in [0.15, 0.2) is 0 Å². The van der Waals surface area contributed by atoms with Gasteiger partial charge >= 0.3 is 0 Å². The van der Waals surface area contributed by atoms with Crippen molar-refractivity contribution in [2.24, 2.45) is 0 Å². The maximum absolute atomic E-state index is 12.1. The van der Waals surface area contributed by atoms with Gasteiger partial charge in [0.2, 0.25) is 5.91 Å². The van der Waals surface area contributed by atoms with Crippen LogP contribution in [0.3, 0.4) is 0 Å². The molecule has 6 heteroatoms. The van der Waals surface area contributed by atoms with Gasteiger partial charge in [-0.2, -0.15) is 0 Å². The first-order chi connectivity index (χ1) is 10.2. The van der Waals surface area contributed by atoms with Crippen LogP contribution in [-0.4, -0.2) is 65.9 Å². The molecule has 1 aliphatic heterocycles. The Kier molecular flexibility index (Phi) is 5.68. The maximum Gasteiger partial charge on any atom is 0.252 e. The molecule has 0 spiro atoms. The molecule has 0 aromatic carbocycles. The van der Waals surface area contributed by atoms with Gasteiger partial charge in [-0.25, -0.2) is 0 Å². The van der Waals surface area contributed by atoms with Crippen molar-refractivity contribution in [1.82, 2.24) is 20.1 Å². The molecule has 2 amide bonds. The van der Waals surface area contributed by atoms with Crippen LogP contribution in [0.5, 0.6) is 0 Å². The molecule has 0 bridgehead atoms. The van der Waals surface area contributed by atoms with Crippen molar-refractivity contribution in [3.8, 4) is 0 Å². The molecular formula is C15H22N4O2. The van der Waals surface area contributed by atoms with Crippen LogP contribution in [0.15, 0.2) is 24.5 Å². The summed E-state index contributed by atoms with van der Waals surface area (Å²) in [5.41, 5.74) is 0.515. The van der Waals surface area contributed by atoms with Crippen LogP contribution < -0.4 is 5.32 Å². The Labute approximate surface area is 125 Å². The summed E-state index contributed by atoms with van der Waals surface area (Å²) in [5.74, 6) is -0.0797. The number of hydrogen-bond acceptors (Lipinski definition) is 4. The first kappa shape index (κ1) is 15.4. The smallest absolute Gasteiger partial charge is 0.252 e. The second-order valence-electron chi connectivity index (χ2n) is 5.06. The third-order valence-electron chi connectivity index (χ3n) is 3.72. The summed E-state index contributed by atoms with van der Waals surface area (Å²) in [6.45, 7) is 6.95. The van der Waals surface area contributed by atoms with Crippen molar-refractivity contribution >= 4 is 11.8 Å². The normalized spacial score (nSPS) is 15.8. The summed E-state index contributed by atoms with van der Waals surface area (Å²) >= 11 is 0. The van der Waals surface area contributed by atoms with Gasteiger partial charge in [0, 0.05) is 51.5 Å². The van der Waals surface area contributed by atoms with E-state index in [1.54, 1.807) is 18.3 Å². The molecule has 1 aromatic heterocycles. The maximum atomic E-state index is 12.1. The van der Waals surface area contributed by atoms with Gasteiger partial charge in [0.05, 0.1) is 5.56 Å². The Bertz CT molecular complexity index is 470. The number of aromatic nitrogens is 1. The molecule has 0 saturated carbocycles. The van der Waals surface area contributed by atoms with Crippen LogP contribution in [0.25, 0.3) is 0 Å². The highest BCUT2D eigenvalue weighted by atomic mass is 16.2. The van der Waals surface area contributed by atoms with Crippen molar-refractivity contribution in [3.05, 3.63) is 30.1 Å². The highest BCUT2D eigenvalue weighted by molar-refractivity contribution is 5.94. The summed E-state index contributed by atoms with van der Waals surface area (Å²) in [6, 6.07) is 3.42. The third kappa shape index (κ3) is 4.53. The highest BCUT2D eigenvalue weighted by Crippen LogP contribution is 2.03. The molecule has 1 aliphatic rings. The van der Waals surface area contributed by atoms with E-state index in [1.165, 1.54) is 6.20 Å². The first-order valence-corrected chi connectivity index (χ1v) is 7.39. The second-order valence-corrected chi connectivity index (χ2v) is 5.06. The summed E-state index contributed by atoms with van der Waals surface area (Å²) in [4.78, 5) is 32.0. The number of nitrogens with one attached hydrogen (secondary N) is 1. The Morgan fingerprint density at radius 2 is 2.05 bits per heavy atom. The molecule has 0 radical (unpaired) electrons. The van der Waals surface area contributed by atoms with E-state index in [2.05, 4.69) is 22.1 Å². The van der Waals surface area contributed by atoms with Crippen LogP contribution in [0.2, 0.25) is 0 Å². The Balaban J connectivity index is 1.69. The van der Waals surface area contributed by atoms with Crippen LogP contribution in [0.4, 0.5) is 0 Å². The predicted molar refractivity (Wildman–Crippen MR) is 79.9 cm³/mol. The van der Waals surface area contributed by atoms with Crippen molar-refractivity contribution in [2.75, 3.05) is 39.3 Å². The number of nitrogens with zero attached hydrogens (tertiary/aromatic N) is 3. The summed E-state index contributed by atoms with van der Waals surface area (Å²) in [5, 5.41) is 2.75. The SMILES string of the molecule is CCN1CCN(C(=O)CCNC(=O)c2cccnc2)CC1. The lowest BCUT2D eigenvalue weighted by molar-refractivity contribution is -0.132. The summed E-state index contributed by atoms with van der Waals surface area (Å²) in [7, 11) is 0. The Hall–Kier alpha value is -1.95. The van der Waals surface area contributed by atoms with Crippen molar-refractivity contribution < 1.29 is 9.59 Å². The van der Waals surface area contributed by atoms with Gasteiger partial charge < -0.3 is 15.1 Å². The minimum Gasteiger partial charge on any atom is -0.351 e. The van der Waals surface area contributed by atoms with Gasteiger partial charge in [-0.05, 0) is 18.7 Å². The third-order valence-corrected chi connectivity index (χ3v) is 3.72. The van der Waals surface area contributed by atoms with Crippen LogP contribution in [0, 0.1) is 0 Å². The monoisotopic (exact) mass is 290 g/mol. The Morgan fingerprint density at radius 1 is 1.29 bits per heavy atom. The number of hydrogen-bond donors (Lipinski definition) is 1. The number of piperazine rings is 1. The molecule has 2 heterocycles. The number of carbonyl (C=O) groups excluding carboxylic acids is 2. The summed E-state index contributed by atoms with van der Waals surface area (Å²) < 4.78 is 0. The van der Waals surface area contributed by atoms with Crippen molar-refractivity contribution in [3.63, 3.8) is 0 Å². The fourth-order valence-electron chi connectivity index (χ4n) is 2.35. The van der Waals surface area contributed by atoms with Gasteiger partial charge in [0.25, 0.3) is 5.91 Å². The fourth-order valence-corrected chi connectivity index (χ4v) is 2.35. The zero-order valence-electron chi connectivity index (χ0n) is 12.4. The molecule has 0 unspecified atom stereocenters. The topological polar surface area (TPSA) is 65.5 Å². The lowest BCUT2D eigenvalue weighted by Gasteiger charge is -2.34. The quantitative estimate of drug-likeness (QED) is 0.850. The average Bonchev–Trinajstić information content (AvgIpc) is 2.55. The predicted octanol–water partition coefficient (Wildman–Crippen LogP) is 0.366. The zero-order valence-corrected chi connectivity index (χ0v) is 12.4. The van der Waals surface area contributed by atoms with Crippen LogP contribution >= 0.6 is 0 Å². The molecule has 6 nitrogen and oxygen atoms in total. The van der Waals surface area contributed by atoms with E-state index in [4.69, 9.17) is 0 Å². The van der Waals surface area contributed by atoms with E-state index < -0.39 is 0 Å². The van der Waals surface area contributed by atoms with Gasteiger partial charge in [-0.3, -0.25) is 14.6 Å². The molecule has 0 aliphatic carbocycles. The molecule has 1 fully saturated rings. The second kappa shape index (κ2) is 7.73. The lowest BCUT2D eigenvalue weighted by atomic mass is 10.2. The first-order valence-electron chi connectivity index (χ1n) is 7.39. The minimum atomic E-state index is -0.188. The average molecular weight is 290 g/mol.